The lowest BCUT2D eigenvalue weighted by Gasteiger charge is -2.42. The van der Waals surface area contributed by atoms with Gasteiger partial charge in [-0.05, 0) is 32.6 Å². The Bertz CT molecular complexity index is 170. The summed E-state index contributed by atoms with van der Waals surface area (Å²) in [5.41, 5.74) is 0. The van der Waals surface area contributed by atoms with Gasteiger partial charge in [0.25, 0.3) is 0 Å². The fourth-order valence-electron chi connectivity index (χ4n) is 3.02. The van der Waals surface area contributed by atoms with Gasteiger partial charge in [-0.2, -0.15) is 0 Å². The van der Waals surface area contributed by atoms with Gasteiger partial charge in [-0.25, -0.2) is 0 Å². The molecule has 2 atom stereocenters. The Morgan fingerprint density at radius 2 is 1.93 bits per heavy atom. The van der Waals surface area contributed by atoms with E-state index in [2.05, 4.69) is 25.7 Å². The average molecular weight is 213 g/mol. The van der Waals surface area contributed by atoms with Crippen LogP contribution in [0.15, 0.2) is 0 Å². The van der Waals surface area contributed by atoms with E-state index in [1.54, 1.807) is 0 Å². The Kier molecular flexibility index (Phi) is 5.62. The summed E-state index contributed by atoms with van der Waals surface area (Å²) in [5.74, 6) is 0.854. The molecule has 0 aromatic rings. The molecule has 1 aliphatic carbocycles. The molecule has 0 amide bonds. The molecular formula is C13H27NO. The second kappa shape index (κ2) is 6.49. The average Bonchev–Trinajstić information content (AvgIpc) is 2.25. The molecule has 1 saturated carbocycles. The second-order valence-corrected chi connectivity index (χ2v) is 5.08. The topological polar surface area (TPSA) is 23.5 Å². The van der Waals surface area contributed by atoms with Crippen molar-refractivity contribution in [1.29, 1.82) is 0 Å². The van der Waals surface area contributed by atoms with Gasteiger partial charge < -0.3 is 5.11 Å². The molecule has 1 N–H and O–H groups in total. The predicted molar refractivity (Wildman–Crippen MR) is 65.0 cm³/mol. The lowest BCUT2D eigenvalue weighted by atomic mass is 9.81. The molecule has 2 unspecified atom stereocenters. The van der Waals surface area contributed by atoms with Crippen molar-refractivity contribution >= 4 is 0 Å². The monoisotopic (exact) mass is 213 g/mol. The van der Waals surface area contributed by atoms with Crippen molar-refractivity contribution in [3.8, 4) is 0 Å². The van der Waals surface area contributed by atoms with Crippen LogP contribution in [0, 0.1) is 5.92 Å². The van der Waals surface area contributed by atoms with Crippen LogP contribution < -0.4 is 0 Å². The van der Waals surface area contributed by atoms with Crippen LogP contribution in [0.2, 0.25) is 0 Å². The summed E-state index contributed by atoms with van der Waals surface area (Å²) in [6, 6.07) is 1.28. The first-order valence-corrected chi connectivity index (χ1v) is 6.57. The van der Waals surface area contributed by atoms with Crippen molar-refractivity contribution in [3.63, 3.8) is 0 Å². The molecule has 0 saturated heterocycles. The lowest BCUT2D eigenvalue weighted by Crippen LogP contribution is -2.47. The Hall–Kier alpha value is -0.0800. The zero-order valence-electron chi connectivity index (χ0n) is 10.6. The molecule has 90 valence electrons. The highest BCUT2D eigenvalue weighted by Gasteiger charge is 2.29. The number of rotatable bonds is 5. The third-order valence-electron chi connectivity index (χ3n) is 3.84. The molecule has 0 bridgehead atoms. The van der Waals surface area contributed by atoms with Crippen molar-refractivity contribution in [2.24, 2.45) is 5.92 Å². The summed E-state index contributed by atoms with van der Waals surface area (Å²) in [7, 11) is 0. The van der Waals surface area contributed by atoms with E-state index < -0.39 is 0 Å². The standard InChI is InChI=1S/C13H27NO/c1-4-12-7-5-6-8-13(12)14(9-10-15)11(2)3/h11-13,15H,4-10H2,1-3H3. The van der Waals surface area contributed by atoms with Gasteiger partial charge in [-0.15, -0.1) is 0 Å². The van der Waals surface area contributed by atoms with Gasteiger partial charge in [0.2, 0.25) is 0 Å². The maximum Gasteiger partial charge on any atom is 0.0558 e. The minimum atomic E-state index is 0.297. The maximum absolute atomic E-state index is 9.13. The minimum absolute atomic E-state index is 0.297. The summed E-state index contributed by atoms with van der Waals surface area (Å²) in [6.07, 6.45) is 6.78. The number of nitrogens with zero attached hydrogens (tertiary/aromatic N) is 1. The number of hydrogen-bond donors (Lipinski definition) is 1. The molecule has 0 aromatic carbocycles. The van der Waals surface area contributed by atoms with Gasteiger partial charge in [-0.3, -0.25) is 4.90 Å². The molecule has 0 aliphatic heterocycles. The molecule has 0 radical (unpaired) electrons. The Balaban J connectivity index is 2.61. The minimum Gasteiger partial charge on any atom is -0.395 e. The molecule has 1 rings (SSSR count). The quantitative estimate of drug-likeness (QED) is 0.759. The van der Waals surface area contributed by atoms with Gasteiger partial charge in [0.05, 0.1) is 6.61 Å². The highest BCUT2D eigenvalue weighted by Crippen LogP contribution is 2.31. The first-order valence-electron chi connectivity index (χ1n) is 6.57. The van der Waals surface area contributed by atoms with E-state index in [0.717, 1.165) is 18.5 Å². The summed E-state index contributed by atoms with van der Waals surface area (Å²) >= 11 is 0. The van der Waals surface area contributed by atoms with Gasteiger partial charge in [0.15, 0.2) is 0 Å². The number of hydrogen-bond acceptors (Lipinski definition) is 2. The zero-order chi connectivity index (χ0) is 11.3. The first-order chi connectivity index (χ1) is 7.20. The zero-order valence-corrected chi connectivity index (χ0v) is 10.6. The highest BCUT2D eigenvalue weighted by molar-refractivity contribution is 4.84. The molecular weight excluding hydrogens is 186 g/mol. The maximum atomic E-state index is 9.13. The summed E-state index contributed by atoms with van der Waals surface area (Å²) in [6.45, 7) is 7.94. The predicted octanol–water partition coefficient (Wildman–Crippen LogP) is 2.66. The van der Waals surface area contributed by atoms with Crippen LogP contribution in [0.1, 0.15) is 52.9 Å². The van der Waals surface area contributed by atoms with Crippen LogP contribution in [0.3, 0.4) is 0 Å². The number of aliphatic hydroxyl groups is 1. The summed E-state index contributed by atoms with van der Waals surface area (Å²) < 4.78 is 0. The van der Waals surface area contributed by atoms with E-state index in [9.17, 15) is 0 Å². The lowest BCUT2D eigenvalue weighted by molar-refractivity contribution is 0.0567. The summed E-state index contributed by atoms with van der Waals surface area (Å²) in [5, 5.41) is 9.13. The molecule has 2 nitrogen and oxygen atoms in total. The van der Waals surface area contributed by atoms with Gasteiger partial charge in [0, 0.05) is 18.6 Å². The molecule has 2 heteroatoms. The van der Waals surface area contributed by atoms with Crippen molar-refractivity contribution in [2.75, 3.05) is 13.2 Å². The SMILES string of the molecule is CCC1CCCCC1N(CCO)C(C)C. The van der Waals surface area contributed by atoms with Crippen LogP contribution in [0.25, 0.3) is 0 Å². The molecule has 0 aromatic heterocycles. The van der Waals surface area contributed by atoms with Gasteiger partial charge >= 0.3 is 0 Å². The highest BCUT2D eigenvalue weighted by atomic mass is 16.3. The van der Waals surface area contributed by atoms with Crippen LogP contribution in [0.5, 0.6) is 0 Å². The third kappa shape index (κ3) is 3.46. The van der Waals surface area contributed by atoms with E-state index in [1.807, 2.05) is 0 Å². The number of aliphatic hydroxyl groups excluding tert-OH is 1. The fraction of sp³-hybridized carbons (Fsp3) is 1.00. The van der Waals surface area contributed by atoms with Crippen molar-refractivity contribution in [2.45, 2.75) is 65.0 Å². The van der Waals surface area contributed by atoms with E-state index in [4.69, 9.17) is 5.11 Å². The third-order valence-corrected chi connectivity index (χ3v) is 3.84. The van der Waals surface area contributed by atoms with Gasteiger partial charge in [0.1, 0.15) is 0 Å². The smallest absolute Gasteiger partial charge is 0.0558 e. The largest absolute Gasteiger partial charge is 0.395 e. The van der Waals surface area contributed by atoms with E-state index in [0.29, 0.717) is 12.6 Å². The van der Waals surface area contributed by atoms with Gasteiger partial charge in [-0.1, -0.05) is 26.2 Å². The Morgan fingerprint density at radius 1 is 1.27 bits per heavy atom. The molecule has 1 aliphatic rings. The van der Waals surface area contributed by atoms with Crippen LogP contribution in [-0.4, -0.2) is 35.2 Å². The van der Waals surface area contributed by atoms with Crippen molar-refractivity contribution < 1.29 is 5.11 Å². The molecule has 1 fully saturated rings. The first kappa shape index (κ1) is 13.0. The Morgan fingerprint density at radius 3 is 2.47 bits per heavy atom. The molecule has 15 heavy (non-hydrogen) atoms. The fourth-order valence-corrected chi connectivity index (χ4v) is 3.02. The molecule has 0 spiro atoms. The van der Waals surface area contributed by atoms with E-state index >= 15 is 0 Å². The van der Waals surface area contributed by atoms with Crippen LogP contribution in [-0.2, 0) is 0 Å². The molecule has 0 heterocycles. The second-order valence-electron chi connectivity index (χ2n) is 5.08. The van der Waals surface area contributed by atoms with Crippen molar-refractivity contribution in [1.82, 2.24) is 4.90 Å². The van der Waals surface area contributed by atoms with E-state index in [-0.39, 0.29) is 0 Å². The Labute approximate surface area is 94.7 Å². The van der Waals surface area contributed by atoms with Crippen LogP contribution >= 0.6 is 0 Å². The van der Waals surface area contributed by atoms with Crippen LogP contribution in [0.4, 0.5) is 0 Å². The van der Waals surface area contributed by atoms with Crippen molar-refractivity contribution in [3.05, 3.63) is 0 Å². The normalized spacial score (nSPS) is 27.6. The summed E-state index contributed by atoms with van der Waals surface area (Å²) in [4.78, 5) is 2.51. The van der Waals surface area contributed by atoms with E-state index in [1.165, 1.54) is 32.1 Å².